The van der Waals surface area contributed by atoms with Crippen LogP contribution in [0, 0.1) is 0 Å². The number of fused-ring (bicyclic) bond motifs is 4. The van der Waals surface area contributed by atoms with Gasteiger partial charge >= 0.3 is 0 Å². The van der Waals surface area contributed by atoms with E-state index in [0.717, 1.165) is 27.5 Å². The first-order valence-electron chi connectivity index (χ1n) is 7.36. The molecule has 0 fully saturated rings. The third-order valence-corrected chi connectivity index (χ3v) is 5.19. The fourth-order valence-electron chi connectivity index (χ4n) is 2.97. The van der Waals surface area contributed by atoms with E-state index in [9.17, 15) is 0 Å². The summed E-state index contributed by atoms with van der Waals surface area (Å²) in [6.07, 6.45) is 7.52. The van der Waals surface area contributed by atoms with E-state index in [1.165, 1.54) is 14.8 Å². The molecule has 5 rings (SSSR count). The first kappa shape index (κ1) is 12.7. The standard InChI is InChI=1S/C19H11N3S/c1-2-4-13-10-22-15(9-12(13)3-1)19-18-14-11-20-7-5-16(14)23-17(18)6-8-21-19/h1-11H. The van der Waals surface area contributed by atoms with E-state index in [1.54, 1.807) is 11.3 Å². The van der Waals surface area contributed by atoms with Crippen molar-refractivity contribution >= 4 is 42.3 Å². The first-order chi connectivity index (χ1) is 11.4. The summed E-state index contributed by atoms with van der Waals surface area (Å²) in [7, 11) is 0. The van der Waals surface area contributed by atoms with Crippen molar-refractivity contribution in [3.63, 3.8) is 0 Å². The smallest absolute Gasteiger partial charge is 0.0979 e. The first-order valence-corrected chi connectivity index (χ1v) is 8.18. The number of rotatable bonds is 1. The molecule has 0 N–H and O–H groups in total. The predicted octanol–water partition coefficient (Wildman–Crippen LogP) is 5.06. The molecule has 4 heteroatoms. The molecule has 0 aliphatic rings. The van der Waals surface area contributed by atoms with Gasteiger partial charge in [-0.05, 0) is 23.6 Å². The van der Waals surface area contributed by atoms with Gasteiger partial charge in [-0.2, -0.15) is 0 Å². The fraction of sp³-hybridized carbons (Fsp3) is 0. The van der Waals surface area contributed by atoms with E-state index >= 15 is 0 Å². The van der Waals surface area contributed by atoms with Gasteiger partial charge in [-0.1, -0.05) is 24.3 Å². The number of thiophene rings is 1. The zero-order valence-corrected chi connectivity index (χ0v) is 12.9. The average Bonchev–Trinajstić information content (AvgIpc) is 3.00. The molecule has 0 radical (unpaired) electrons. The monoisotopic (exact) mass is 313 g/mol. The summed E-state index contributed by atoms with van der Waals surface area (Å²) >= 11 is 1.77. The molecule has 0 unspecified atom stereocenters. The summed E-state index contributed by atoms with van der Waals surface area (Å²) in [6.45, 7) is 0. The largest absolute Gasteiger partial charge is 0.264 e. The lowest BCUT2D eigenvalue weighted by Gasteiger charge is -2.04. The highest BCUT2D eigenvalue weighted by Crippen LogP contribution is 2.38. The van der Waals surface area contributed by atoms with Crippen LogP contribution < -0.4 is 0 Å². The second-order valence-electron chi connectivity index (χ2n) is 5.42. The molecule has 0 bridgehead atoms. The minimum Gasteiger partial charge on any atom is -0.264 e. The Kier molecular flexibility index (Phi) is 2.66. The Labute approximate surface area is 136 Å². The summed E-state index contributed by atoms with van der Waals surface area (Å²) in [5.74, 6) is 0. The molecule has 23 heavy (non-hydrogen) atoms. The second kappa shape index (κ2) is 4.83. The molecule has 0 saturated carbocycles. The van der Waals surface area contributed by atoms with Gasteiger partial charge in [0.05, 0.1) is 11.4 Å². The van der Waals surface area contributed by atoms with Gasteiger partial charge in [-0.25, -0.2) is 0 Å². The predicted molar refractivity (Wildman–Crippen MR) is 95.7 cm³/mol. The van der Waals surface area contributed by atoms with Crippen molar-refractivity contribution in [3.05, 3.63) is 67.3 Å². The van der Waals surface area contributed by atoms with Crippen LogP contribution in [-0.2, 0) is 0 Å². The van der Waals surface area contributed by atoms with Gasteiger partial charge in [0.25, 0.3) is 0 Å². The Morgan fingerprint density at radius 3 is 2.61 bits per heavy atom. The van der Waals surface area contributed by atoms with Crippen LogP contribution in [0.3, 0.4) is 0 Å². The van der Waals surface area contributed by atoms with Gasteiger partial charge in [0.2, 0.25) is 0 Å². The highest BCUT2D eigenvalue weighted by atomic mass is 32.1. The lowest BCUT2D eigenvalue weighted by atomic mass is 10.1. The quantitative estimate of drug-likeness (QED) is 0.434. The lowest BCUT2D eigenvalue weighted by molar-refractivity contribution is 1.28. The third-order valence-electron chi connectivity index (χ3n) is 4.06. The number of aromatic nitrogens is 3. The highest BCUT2D eigenvalue weighted by molar-refractivity contribution is 7.25. The van der Waals surface area contributed by atoms with Gasteiger partial charge < -0.3 is 0 Å². The van der Waals surface area contributed by atoms with E-state index in [-0.39, 0.29) is 0 Å². The molecular weight excluding hydrogens is 302 g/mol. The number of benzene rings is 1. The molecule has 0 amide bonds. The molecule has 1 aromatic carbocycles. The molecule has 5 aromatic rings. The van der Waals surface area contributed by atoms with Crippen LogP contribution >= 0.6 is 11.3 Å². The minimum absolute atomic E-state index is 0.901. The molecule has 108 valence electrons. The molecule has 3 nitrogen and oxygen atoms in total. The Morgan fingerprint density at radius 2 is 1.65 bits per heavy atom. The third kappa shape index (κ3) is 1.92. The van der Waals surface area contributed by atoms with Crippen LogP contribution in [0.25, 0.3) is 42.3 Å². The molecule has 0 atom stereocenters. The van der Waals surface area contributed by atoms with Gasteiger partial charge in [-0.3, -0.25) is 15.0 Å². The summed E-state index contributed by atoms with van der Waals surface area (Å²) in [5.41, 5.74) is 1.82. The highest BCUT2D eigenvalue weighted by Gasteiger charge is 2.13. The van der Waals surface area contributed by atoms with Gasteiger partial charge in [0.1, 0.15) is 0 Å². The lowest BCUT2D eigenvalue weighted by Crippen LogP contribution is -1.88. The van der Waals surface area contributed by atoms with Crippen molar-refractivity contribution < 1.29 is 0 Å². The maximum absolute atomic E-state index is 4.64. The van der Waals surface area contributed by atoms with E-state index < -0.39 is 0 Å². The van der Waals surface area contributed by atoms with Crippen molar-refractivity contribution in [2.24, 2.45) is 0 Å². The number of hydrogen-bond donors (Lipinski definition) is 0. The van der Waals surface area contributed by atoms with Crippen LogP contribution in [-0.4, -0.2) is 15.0 Å². The summed E-state index contributed by atoms with van der Waals surface area (Å²) in [6, 6.07) is 14.5. The Bertz CT molecular complexity index is 1180. The van der Waals surface area contributed by atoms with Gasteiger partial charge in [0, 0.05) is 50.3 Å². The van der Waals surface area contributed by atoms with Gasteiger partial charge in [0.15, 0.2) is 0 Å². The summed E-state index contributed by atoms with van der Waals surface area (Å²) in [5, 5.41) is 4.60. The van der Waals surface area contributed by atoms with Crippen LogP contribution in [0.5, 0.6) is 0 Å². The Balaban J connectivity index is 1.87. The molecule has 0 spiro atoms. The minimum atomic E-state index is 0.901. The van der Waals surface area contributed by atoms with Crippen molar-refractivity contribution in [3.8, 4) is 11.4 Å². The molecule has 4 aromatic heterocycles. The van der Waals surface area contributed by atoms with E-state index in [2.05, 4.69) is 45.3 Å². The Hall–Kier alpha value is -2.85. The summed E-state index contributed by atoms with van der Waals surface area (Å²) in [4.78, 5) is 13.5. The molecule has 0 aliphatic carbocycles. The molecule has 0 saturated heterocycles. The van der Waals surface area contributed by atoms with Crippen molar-refractivity contribution in [1.29, 1.82) is 0 Å². The topological polar surface area (TPSA) is 38.7 Å². The number of nitrogens with zero attached hydrogens (tertiary/aromatic N) is 3. The fourth-order valence-corrected chi connectivity index (χ4v) is 4.04. The summed E-state index contributed by atoms with van der Waals surface area (Å²) < 4.78 is 2.44. The zero-order valence-electron chi connectivity index (χ0n) is 12.1. The van der Waals surface area contributed by atoms with E-state index in [1.807, 2.05) is 36.9 Å². The van der Waals surface area contributed by atoms with Crippen molar-refractivity contribution in [2.45, 2.75) is 0 Å². The number of pyridine rings is 3. The van der Waals surface area contributed by atoms with E-state index in [4.69, 9.17) is 0 Å². The maximum atomic E-state index is 4.64. The SMILES string of the molecule is c1ccc2cc(-c3nccc4sc5ccncc5c34)ncc2c1. The van der Waals surface area contributed by atoms with Gasteiger partial charge in [-0.15, -0.1) is 11.3 Å². The van der Waals surface area contributed by atoms with Crippen LogP contribution in [0.1, 0.15) is 0 Å². The normalized spacial score (nSPS) is 11.5. The Morgan fingerprint density at radius 1 is 0.783 bits per heavy atom. The second-order valence-corrected chi connectivity index (χ2v) is 6.51. The zero-order chi connectivity index (χ0) is 15.2. The van der Waals surface area contributed by atoms with Crippen molar-refractivity contribution in [2.75, 3.05) is 0 Å². The van der Waals surface area contributed by atoms with Crippen LogP contribution in [0.15, 0.2) is 67.3 Å². The average molecular weight is 313 g/mol. The molecule has 4 heterocycles. The van der Waals surface area contributed by atoms with E-state index in [0.29, 0.717) is 0 Å². The van der Waals surface area contributed by atoms with Crippen LogP contribution in [0.2, 0.25) is 0 Å². The van der Waals surface area contributed by atoms with Crippen molar-refractivity contribution in [1.82, 2.24) is 15.0 Å². The molecule has 0 aliphatic heterocycles. The number of hydrogen-bond acceptors (Lipinski definition) is 4. The van der Waals surface area contributed by atoms with Crippen LogP contribution in [0.4, 0.5) is 0 Å². The maximum Gasteiger partial charge on any atom is 0.0979 e. The molecular formula is C19H11N3S.